The van der Waals surface area contributed by atoms with Crippen molar-refractivity contribution in [3.63, 3.8) is 0 Å². The number of aryl methyl sites for hydroxylation is 1. The van der Waals surface area contributed by atoms with Crippen LogP contribution in [0, 0.1) is 5.92 Å². The smallest absolute Gasteiger partial charge is 0.345 e. The van der Waals surface area contributed by atoms with Crippen LogP contribution in [0.2, 0.25) is 0 Å². The van der Waals surface area contributed by atoms with Gasteiger partial charge in [0.15, 0.2) is 0 Å². The van der Waals surface area contributed by atoms with Crippen molar-refractivity contribution < 1.29 is 9.90 Å². The van der Waals surface area contributed by atoms with Gasteiger partial charge in [-0.2, -0.15) is 0 Å². The van der Waals surface area contributed by atoms with E-state index >= 15 is 0 Å². The predicted molar refractivity (Wildman–Crippen MR) is 54.4 cm³/mol. The van der Waals surface area contributed by atoms with Crippen LogP contribution in [-0.4, -0.2) is 11.1 Å². The number of thiophene rings is 1. The van der Waals surface area contributed by atoms with Gasteiger partial charge < -0.3 is 5.11 Å². The van der Waals surface area contributed by atoms with Crippen LogP contribution in [0.5, 0.6) is 0 Å². The number of hydrogen-bond acceptors (Lipinski definition) is 2. The number of hydrogen-bond donors (Lipinski definition) is 1. The SMILES string of the molecule is CC(C)CCc1ccc(C(=O)O)s1. The molecule has 0 aliphatic heterocycles. The van der Waals surface area contributed by atoms with Gasteiger partial charge in [-0.1, -0.05) is 13.8 Å². The number of carboxylic acid groups (broad SMARTS) is 1. The quantitative estimate of drug-likeness (QED) is 0.807. The van der Waals surface area contributed by atoms with Crippen molar-refractivity contribution in [3.05, 3.63) is 21.9 Å². The third-order valence-corrected chi connectivity index (χ3v) is 2.97. The lowest BCUT2D eigenvalue weighted by Crippen LogP contribution is -1.90. The molecule has 0 atom stereocenters. The van der Waals surface area contributed by atoms with Gasteiger partial charge in [-0.15, -0.1) is 11.3 Å². The monoisotopic (exact) mass is 198 g/mol. The highest BCUT2D eigenvalue weighted by molar-refractivity contribution is 7.13. The zero-order valence-electron chi connectivity index (χ0n) is 7.91. The largest absolute Gasteiger partial charge is 0.477 e. The molecule has 1 rings (SSSR count). The van der Waals surface area contributed by atoms with E-state index in [0.29, 0.717) is 10.8 Å². The predicted octanol–water partition coefficient (Wildman–Crippen LogP) is 3.03. The van der Waals surface area contributed by atoms with Gasteiger partial charge in [0.2, 0.25) is 0 Å². The third-order valence-electron chi connectivity index (χ3n) is 1.84. The van der Waals surface area contributed by atoms with Gasteiger partial charge in [-0.05, 0) is 30.9 Å². The zero-order valence-corrected chi connectivity index (χ0v) is 8.73. The topological polar surface area (TPSA) is 37.3 Å². The molecule has 1 aromatic heterocycles. The molecule has 0 fully saturated rings. The highest BCUT2D eigenvalue weighted by Gasteiger charge is 2.06. The lowest BCUT2D eigenvalue weighted by Gasteiger charge is -2.00. The van der Waals surface area contributed by atoms with Crippen LogP contribution in [0.3, 0.4) is 0 Å². The van der Waals surface area contributed by atoms with Crippen LogP contribution in [0.15, 0.2) is 12.1 Å². The molecule has 1 aromatic rings. The molecule has 0 spiro atoms. The van der Waals surface area contributed by atoms with Gasteiger partial charge in [0, 0.05) is 4.88 Å². The van der Waals surface area contributed by atoms with Crippen molar-refractivity contribution in [2.45, 2.75) is 26.7 Å². The van der Waals surface area contributed by atoms with Gasteiger partial charge in [0.1, 0.15) is 4.88 Å². The first kappa shape index (κ1) is 10.3. The minimum Gasteiger partial charge on any atom is -0.477 e. The lowest BCUT2D eigenvalue weighted by atomic mass is 10.1. The Balaban J connectivity index is 2.54. The summed E-state index contributed by atoms with van der Waals surface area (Å²) in [6.45, 7) is 4.34. The molecule has 0 aliphatic carbocycles. The van der Waals surface area contributed by atoms with Crippen molar-refractivity contribution in [2.75, 3.05) is 0 Å². The minimum atomic E-state index is -0.819. The van der Waals surface area contributed by atoms with Gasteiger partial charge >= 0.3 is 5.97 Å². The maximum Gasteiger partial charge on any atom is 0.345 e. The van der Waals surface area contributed by atoms with E-state index in [1.807, 2.05) is 6.07 Å². The standard InChI is InChI=1S/C10H14O2S/c1-7(2)3-4-8-5-6-9(13-8)10(11)12/h5-7H,3-4H2,1-2H3,(H,11,12). The van der Waals surface area contributed by atoms with Gasteiger partial charge in [-0.25, -0.2) is 4.79 Å². The Morgan fingerprint density at radius 3 is 2.69 bits per heavy atom. The Kier molecular flexibility index (Phi) is 3.48. The summed E-state index contributed by atoms with van der Waals surface area (Å²) in [5.74, 6) is -0.142. The van der Waals surface area contributed by atoms with Gasteiger partial charge in [0.05, 0.1) is 0 Å². The molecule has 0 unspecified atom stereocenters. The summed E-state index contributed by atoms with van der Waals surface area (Å²) in [7, 11) is 0. The summed E-state index contributed by atoms with van der Waals surface area (Å²) in [6, 6.07) is 3.60. The molecule has 0 radical (unpaired) electrons. The number of aromatic carboxylic acids is 1. The molecule has 2 nitrogen and oxygen atoms in total. The highest BCUT2D eigenvalue weighted by atomic mass is 32.1. The molecule has 0 aliphatic rings. The van der Waals surface area contributed by atoms with Crippen LogP contribution < -0.4 is 0 Å². The second kappa shape index (κ2) is 4.42. The highest BCUT2D eigenvalue weighted by Crippen LogP contribution is 2.19. The fourth-order valence-electron chi connectivity index (χ4n) is 1.06. The summed E-state index contributed by atoms with van der Waals surface area (Å²) in [6.07, 6.45) is 2.12. The van der Waals surface area contributed by atoms with E-state index in [2.05, 4.69) is 13.8 Å². The Bertz CT molecular complexity index is 289. The van der Waals surface area contributed by atoms with E-state index in [4.69, 9.17) is 5.11 Å². The van der Waals surface area contributed by atoms with Crippen LogP contribution in [-0.2, 0) is 6.42 Å². The molecular formula is C10H14O2S. The molecule has 13 heavy (non-hydrogen) atoms. The lowest BCUT2D eigenvalue weighted by molar-refractivity contribution is 0.0702. The molecule has 72 valence electrons. The molecule has 0 bridgehead atoms. The van der Waals surface area contributed by atoms with Crippen molar-refractivity contribution in [1.29, 1.82) is 0 Å². The normalized spacial score (nSPS) is 10.7. The van der Waals surface area contributed by atoms with Crippen molar-refractivity contribution in [1.82, 2.24) is 0 Å². The average Bonchev–Trinajstić information content (AvgIpc) is 2.48. The molecule has 0 saturated heterocycles. The number of rotatable bonds is 4. The Morgan fingerprint density at radius 1 is 1.54 bits per heavy atom. The van der Waals surface area contributed by atoms with Crippen molar-refractivity contribution in [3.8, 4) is 0 Å². The Labute approximate surface area is 82.2 Å². The van der Waals surface area contributed by atoms with E-state index in [-0.39, 0.29) is 0 Å². The third kappa shape index (κ3) is 3.19. The first-order valence-electron chi connectivity index (χ1n) is 4.41. The van der Waals surface area contributed by atoms with E-state index in [9.17, 15) is 4.79 Å². The zero-order chi connectivity index (χ0) is 9.84. The van der Waals surface area contributed by atoms with E-state index < -0.39 is 5.97 Å². The molecule has 0 saturated carbocycles. The van der Waals surface area contributed by atoms with Crippen molar-refractivity contribution in [2.24, 2.45) is 5.92 Å². The number of carboxylic acids is 1. The van der Waals surface area contributed by atoms with E-state index in [0.717, 1.165) is 12.8 Å². The fraction of sp³-hybridized carbons (Fsp3) is 0.500. The van der Waals surface area contributed by atoms with Crippen molar-refractivity contribution >= 4 is 17.3 Å². The van der Waals surface area contributed by atoms with Crippen LogP contribution in [0.25, 0.3) is 0 Å². The first-order chi connectivity index (χ1) is 6.09. The summed E-state index contributed by atoms with van der Waals surface area (Å²) in [5, 5.41) is 8.69. The molecule has 0 amide bonds. The summed E-state index contributed by atoms with van der Waals surface area (Å²) in [5.41, 5.74) is 0. The summed E-state index contributed by atoms with van der Waals surface area (Å²) in [4.78, 5) is 12.2. The maximum atomic E-state index is 10.6. The molecule has 0 aromatic carbocycles. The second-order valence-electron chi connectivity index (χ2n) is 3.50. The first-order valence-corrected chi connectivity index (χ1v) is 5.23. The Hall–Kier alpha value is -0.830. The van der Waals surface area contributed by atoms with E-state index in [1.165, 1.54) is 16.2 Å². The summed E-state index contributed by atoms with van der Waals surface area (Å²) < 4.78 is 0. The van der Waals surface area contributed by atoms with Crippen LogP contribution >= 0.6 is 11.3 Å². The minimum absolute atomic E-state index is 0.443. The number of carbonyl (C=O) groups is 1. The van der Waals surface area contributed by atoms with Gasteiger partial charge in [0.25, 0.3) is 0 Å². The van der Waals surface area contributed by atoms with Gasteiger partial charge in [-0.3, -0.25) is 0 Å². The maximum absolute atomic E-state index is 10.6. The molecular weight excluding hydrogens is 184 g/mol. The second-order valence-corrected chi connectivity index (χ2v) is 4.67. The molecule has 3 heteroatoms. The van der Waals surface area contributed by atoms with E-state index in [1.54, 1.807) is 6.07 Å². The van der Waals surface area contributed by atoms with Crippen LogP contribution in [0.4, 0.5) is 0 Å². The average molecular weight is 198 g/mol. The fourth-order valence-corrected chi connectivity index (χ4v) is 1.92. The summed E-state index contributed by atoms with van der Waals surface area (Å²) >= 11 is 1.38. The Morgan fingerprint density at radius 2 is 2.23 bits per heavy atom. The molecule has 1 N–H and O–H groups in total. The van der Waals surface area contributed by atoms with Crippen LogP contribution in [0.1, 0.15) is 34.8 Å². The molecule has 1 heterocycles.